The van der Waals surface area contributed by atoms with Gasteiger partial charge in [-0.25, -0.2) is 0 Å². The van der Waals surface area contributed by atoms with Gasteiger partial charge in [-0.2, -0.15) is 0 Å². The summed E-state index contributed by atoms with van der Waals surface area (Å²) >= 11 is 0. The Bertz CT molecular complexity index is 549. The molecular formula is C18H20N2O2. The molecule has 0 unspecified atom stereocenters. The molecule has 0 aliphatic carbocycles. The minimum atomic E-state index is -0.112. The molecule has 2 aliphatic heterocycles. The van der Waals surface area contributed by atoms with Gasteiger partial charge in [0.15, 0.2) is 0 Å². The van der Waals surface area contributed by atoms with Crippen molar-refractivity contribution in [1.29, 1.82) is 0 Å². The predicted molar refractivity (Wildman–Crippen MR) is 84.1 cm³/mol. The van der Waals surface area contributed by atoms with Crippen molar-refractivity contribution >= 4 is 0 Å². The third-order valence-corrected chi connectivity index (χ3v) is 4.29. The minimum absolute atomic E-state index is 0.112. The van der Waals surface area contributed by atoms with Crippen LogP contribution in [-0.2, 0) is 9.47 Å². The molecule has 0 saturated carbocycles. The Morgan fingerprint density at radius 3 is 1.45 bits per heavy atom. The van der Waals surface area contributed by atoms with E-state index >= 15 is 0 Å². The smallest absolute Gasteiger partial charge is 0.148 e. The zero-order valence-electron chi connectivity index (χ0n) is 12.3. The average Bonchev–Trinajstić information content (AvgIpc) is 2.62. The molecule has 0 radical (unpaired) electrons. The summed E-state index contributed by atoms with van der Waals surface area (Å²) in [6.07, 6.45) is -0.224. The van der Waals surface area contributed by atoms with Gasteiger partial charge in [-0.05, 0) is 11.1 Å². The van der Waals surface area contributed by atoms with E-state index in [9.17, 15) is 0 Å². The lowest BCUT2D eigenvalue weighted by Crippen LogP contribution is -2.61. The second-order valence-corrected chi connectivity index (χ2v) is 5.77. The molecule has 2 heterocycles. The fourth-order valence-corrected chi connectivity index (χ4v) is 3.09. The summed E-state index contributed by atoms with van der Waals surface area (Å²) in [6.45, 7) is 1.28. The van der Waals surface area contributed by atoms with Gasteiger partial charge in [0.05, 0.1) is 25.3 Å². The number of hydrogen-bond acceptors (Lipinski definition) is 4. The van der Waals surface area contributed by atoms with Crippen molar-refractivity contribution in [2.45, 2.75) is 24.5 Å². The van der Waals surface area contributed by atoms with Gasteiger partial charge in [0.2, 0.25) is 0 Å². The highest BCUT2D eigenvalue weighted by Crippen LogP contribution is 2.26. The molecule has 2 fully saturated rings. The first kappa shape index (κ1) is 13.9. The number of benzene rings is 2. The quantitative estimate of drug-likeness (QED) is 0.893. The molecular weight excluding hydrogens is 276 g/mol. The molecule has 22 heavy (non-hydrogen) atoms. The van der Waals surface area contributed by atoms with Gasteiger partial charge in [0, 0.05) is 0 Å². The molecule has 2 saturated heterocycles. The van der Waals surface area contributed by atoms with Crippen molar-refractivity contribution in [3.8, 4) is 0 Å². The van der Waals surface area contributed by atoms with Crippen LogP contribution in [0.15, 0.2) is 60.7 Å². The van der Waals surface area contributed by atoms with Gasteiger partial charge in [-0.15, -0.1) is 0 Å². The topological polar surface area (TPSA) is 42.5 Å². The lowest BCUT2D eigenvalue weighted by atomic mass is 10.0. The minimum Gasteiger partial charge on any atom is -0.357 e. The second-order valence-electron chi connectivity index (χ2n) is 5.77. The Hall–Kier alpha value is -1.72. The summed E-state index contributed by atoms with van der Waals surface area (Å²) in [6, 6.07) is 21.1. The van der Waals surface area contributed by atoms with E-state index in [0.29, 0.717) is 13.2 Å². The summed E-state index contributed by atoms with van der Waals surface area (Å²) in [5.74, 6) is 0. The number of rotatable bonds is 2. The number of ether oxygens (including phenoxy) is 2. The lowest BCUT2D eigenvalue weighted by Gasteiger charge is -2.43. The third-order valence-electron chi connectivity index (χ3n) is 4.29. The molecule has 114 valence electrons. The number of hydrogen-bond donors (Lipinski definition) is 2. The molecule has 4 rings (SSSR count). The molecule has 4 nitrogen and oxygen atoms in total. The van der Waals surface area contributed by atoms with Gasteiger partial charge < -0.3 is 9.47 Å². The predicted octanol–water partition coefficient (Wildman–Crippen LogP) is 2.36. The highest BCUT2D eigenvalue weighted by molar-refractivity contribution is 5.21. The molecule has 0 aromatic heterocycles. The molecule has 0 bridgehead atoms. The fraction of sp³-hybridized carbons (Fsp3) is 0.333. The van der Waals surface area contributed by atoms with Crippen LogP contribution < -0.4 is 10.6 Å². The molecule has 4 atom stereocenters. The average molecular weight is 296 g/mol. The Morgan fingerprint density at radius 1 is 0.636 bits per heavy atom. The maximum absolute atomic E-state index is 6.00. The normalized spacial score (nSPS) is 31.5. The maximum atomic E-state index is 6.00. The Morgan fingerprint density at radius 2 is 1.05 bits per heavy atom. The van der Waals surface area contributed by atoms with Crippen LogP contribution in [0.1, 0.15) is 23.2 Å². The molecule has 4 heteroatoms. The van der Waals surface area contributed by atoms with E-state index in [0.717, 1.165) is 0 Å². The van der Waals surface area contributed by atoms with Crippen LogP contribution in [0.25, 0.3) is 0 Å². The fourth-order valence-electron chi connectivity index (χ4n) is 3.09. The number of fused-ring (bicyclic) bond motifs is 1. The van der Waals surface area contributed by atoms with Gasteiger partial charge >= 0.3 is 0 Å². The van der Waals surface area contributed by atoms with Crippen LogP contribution in [0.4, 0.5) is 0 Å². The highest BCUT2D eigenvalue weighted by Gasteiger charge is 2.37. The van der Waals surface area contributed by atoms with Gasteiger partial charge in [0.1, 0.15) is 12.5 Å². The SMILES string of the molecule is c1ccc([C@@H]2CO[C@H]3N[C@H](c4ccccc4)CO[C@H]3N2)cc1. The van der Waals surface area contributed by atoms with E-state index in [4.69, 9.17) is 9.47 Å². The van der Waals surface area contributed by atoms with E-state index < -0.39 is 0 Å². The summed E-state index contributed by atoms with van der Waals surface area (Å²) < 4.78 is 12.0. The third kappa shape index (κ3) is 2.78. The van der Waals surface area contributed by atoms with Crippen LogP contribution in [0.5, 0.6) is 0 Å². The largest absolute Gasteiger partial charge is 0.357 e. The van der Waals surface area contributed by atoms with Crippen LogP contribution in [0.2, 0.25) is 0 Å². The maximum Gasteiger partial charge on any atom is 0.148 e. The van der Waals surface area contributed by atoms with E-state index in [-0.39, 0.29) is 24.5 Å². The number of morpholine rings is 2. The van der Waals surface area contributed by atoms with E-state index in [2.05, 4.69) is 59.2 Å². The van der Waals surface area contributed by atoms with E-state index in [1.54, 1.807) is 0 Å². The van der Waals surface area contributed by atoms with Crippen molar-refractivity contribution < 1.29 is 9.47 Å². The Labute approximate surface area is 130 Å². The summed E-state index contributed by atoms with van der Waals surface area (Å²) in [5.41, 5.74) is 2.46. The van der Waals surface area contributed by atoms with Gasteiger partial charge in [-0.3, -0.25) is 10.6 Å². The monoisotopic (exact) mass is 296 g/mol. The van der Waals surface area contributed by atoms with Crippen molar-refractivity contribution in [2.75, 3.05) is 13.2 Å². The van der Waals surface area contributed by atoms with Crippen molar-refractivity contribution in [1.82, 2.24) is 10.6 Å². The molecule has 0 spiro atoms. The van der Waals surface area contributed by atoms with Gasteiger partial charge in [0.25, 0.3) is 0 Å². The number of nitrogens with one attached hydrogen (secondary N) is 2. The summed E-state index contributed by atoms with van der Waals surface area (Å²) in [4.78, 5) is 0. The van der Waals surface area contributed by atoms with Crippen LogP contribution in [-0.4, -0.2) is 25.7 Å². The first-order valence-electron chi connectivity index (χ1n) is 7.75. The van der Waals surface area contributed by atoms with Crippen molar-refractivity contribution in [2.24, 2.45) is 0 Å². The summed E-state index contributed by atoms with van der Waals surface area (Å²) in [7, 11) is 0. The first-order chi connectivity index (χ1) is 10.9. The molecule has 2 aromatic rings. The standard InChI is InChI=1S/C18H20N2O2/c1-3-7-13(8-4-1)15-11-21-18-17(19-15)22-12-16(20-18)14-9-5-2-6-10-14/h1-10,15-20H,11-12H2/t15-,16-,17+,18+/m0/s1. The molecule has 2 N–H and O–H groups in total. The van der Waals surface area contributed by atoms with Crippen LogP contribution >= 0.6 is 0 Å². The zero-order chi connectivity index (χ0) is 14.8. The van der Waals surface area contributed by atoms with Crippen molar-refractivity contribution in [3.05, 3.63) is 71.8 Å². The van der Waals surface area contributed by atoms with Crippen LogP contribution in [0.3, 0.4) is 0 Å². The highest BCUT2D eigenvalue weighted by atomic mass is 16.6. The summed E-state index contributed by atoms with van der Waals surface area (Å²) in [5, 5.41) is 7.07. The Kier molecular flexibility index (Phi) is 3.91. The zero-order valence-corrected chi connectivity index (χ0v) is 12.3. The molecule has 0 amide bonds. The second kappa shape index (κ2) is 6.18. The van der Waals surface area contributed by atoms with E-state index in [1.807, 2.05) is 12.1 Å². The van der Waals surface area contributed by atoms with Crippen LogP contribution in [0, 0.1) is 0 Å². The van der Waals surface area contributed by atoms with Gasteiger partial charge in [-0.1, -0.05) is 60.7 Å². The molecule has 2 aromatic carbocycles. The lowest BCUT2D eigenvalue weighted by molar-refractivity contribution is -0.179. The Balaban J connectivity index is 1.43. The molecule has 2 aliphatic rings. The van der Waals surface area contributed by atoms with Crippen molar-refractivity contribution in [3.63, 3.8) is 0 Å². The van der Waals surface area contributed by atoms with E-state index in [1.165, 1.54) is 11.1 Å². The first-order valence-corrected chi connectivity index (χ1v) is 7.75.